The van der Waals surface area contributed by atoms with E-state index in [0.29, 0.717) is 5.65 Å². The number of nitrogen functional groups attached to an aromatic ring is 1. The van der Waals surface area contributed by atoms with E-state index in [0.717, 1.165) is 12.8 Å². The lowest BCUT2D eigenvalue weighted by Crippen LogP contribution is -2.13. The number of nitrogens with zero attached hydrogens (tertiary/aromatic N) is 3. The van der Waals surface area contributed by atoms with Gasteiger partial charge in [0.15, 0.2) is 11.2 Å². The highest BCUT2D eigenvalue weighted by atomic mass is 32.2. The number of aromatic amines is 1. The Labute approximate surface area is 123 Å². The van der Waals surface area contributed by atoms with E-state index in [1.54, 1.807) is 18.1 Å². The van der Waals surface area contributed by atoms with E-state index in [-0.39, 0.29) is 34.3 Å². The second-order valence-corrected chi connectivity index (χ2v) is 6.95. The molecule has 0 aromatic carbocycles. The third-order valence-electron chi connectivity index (χ3n) is 3.24. The quantitative estimate of drug-likeness (QED) is 0.689. The smallest absolute Gasteiger partial charge is 0.316 e. The molecule has 2 aromatic heterocycles. The molecule has 0 radical (unpaired) electrons. The number of imidazole rings is 1. The van der Waals surface area contributed by atoms with Crippen LogP contribution in [0.5, 0.6) is 0 Å². The van der Waals surface area contributed by atoms with E-state index in [4.69, 9.17) is 15.2 Å². The third-order valence-corrected chi connectivity index (χ3v) is 5.19. The summed E-state index contributed by atoms with van der Waals surface area (Å²) < 4.78 is 17.2. The normalized spacial score (nSPS) is 23.7. The van der Waals surface area contributed by atoms with Crippen LogP contribution in [-0.2, 0) is 9.09 Å². The molecule has 1 unspecified atom stereocenters. The number of hydrogen-bond donors (Lipinski definition) is 3. The Balaban J connectivity index is 1.82. The highest BCUT2D eigenvalue weighted by Gasteiger charge is 2.28. The van der Waals surface area contributed by atoms with Gasteiger partial charge in [-0.15, -0.1) is 11.8 Å². The number of aromatic nitrogens is 4. The number of fused-ring (bicyclic) bond motifs is 1. The monoisotopic (exact) mass is 331 g/mol. The predicted molar refractivity (Wildman–Crippen MR) is 79.4 cm³/mol. The average molecular weight is 331 g/mol. The minimum Gasteiger partial charge on any atom is -0.369 e. The van der Waals surface area contributed by atoms with Crippen molar-refractivity contribution in [3.63, 3.8) is 0 Å². The maximum Gasteiger partial charge on any atom is 0.316 e. The van der Waals surface area contributed by atoms with Gasteiger partial charge in [-0.25, -0.2) is 4.98 Å². The molecule has 2 aromatic rings. The zero-order chi connectivity index (χ0) is 15.0. The van der Waals surface area contributed by atoms with E-state index in [2.05, 4.69) is 15.0 Å². The molecule has 0 spiro atoms. The first-order chi connectivity index (χ1) is 10.0. The molecule has 3 atom stereocenters. The van der Waals surface area contributed by atoms with Crippen LogP contribution in [0.25, 0.3) is 11.2 Å². The number of rotatable bonds is 4. The third kappa shape index (κ3) is 2.98. The SMILES string of the molecule is Nc1nc2c(ncn2[C@H]2CC[C@@H](CO[PH](=O)O)S2)c(=O)[nH]1. The molecule has 3 rings (SSSR count). The molecule has 1 saturated heterocycles. The minimum absolute atomic E-state index is 0.0519. The molecule has 9 nitrogen and oxygen atoms in total. The topological polar surface area (TPSA) is 136 Å². The molecule has 1 aliphatic rings. The van der Waals surface area contributed by atoms with Crippen LogP contribution in [-0.4, -0.2) is 36.3 Å². The molecule has 0 saturated carbocycles. The van der Waals surface area contributed by atoms with Gasteiger partial charge in [-0.3, -0.25) is 14.3 Å². The van der Waals surface area contributed by atoms with E-state index >= 15 is 0 Å². The summed E-state index contributed by atoms with van der Waals surface area (Å²) in [5.41, 5.74) is 5.91. The van der Waals surface area contributed by atoms with Crippen LogP contribution >= 0.6 is 20.0 Å². The molecule has 21 heavy (non-hydrogen) atoms. The maximum absolute atomic E-state index is 11.7. The Kier molecular flexibility index (Phi) is 4.03. The second-order valence-electron chi connectivity index (χ2n) is 4.64. The standard InChI is InChI=1S/C10H14N5O4PS/c11-10-13-8-7(9(16)14-10)12-4-15(8)6-2-1-5(21-6)3-19-20(17)18/h4-6,20H,1-3H2,(H,17,18)(H3,11,13,14,16)/t5-,6+/m0/s1. The molecular weight excluding hydrogens is 317 g/mol. The summed E-state index contributed by atoms with van der Waals surface area (Å²) in [5, 5.41) is 0.186. The van der Waals surface area contributed by atoms with Crippen LogP contribution in [0.15, 0.2) is 11.1 Å². The summed E-state index contributed by atoms with van der Waals surface area (Å²) in [5.74, 6) is 0.0519. The van der Waals surface area contributed by atoms with Gasteiger partial charge in [0.25, 0.3) is 5.56 Å². The van der Waals surface area contributed by atoms with Crippen molar-refractivity contribution in [1.82, 2.24) is 19.5 Å². The van der Waals surface area contributed by atoms with Crippen LogP contribution in [0.2, 0.25) is 0 Å². The molecule has 1 aliphatic heterocycles. The van der Waals surface area contributed by atoms with E-state index in [1.165, 1.54) is 0 Å². The van der Waals surface area contributed by atoms with Crippen molar-refractivity contribution in [1.29, 1.82) is 0 Å². The number of nitrogens with one attached hydrogen (secondary N) is 1. The van der Waals surface area contributed by atoms with Crippen LogP contribution in [0.3, 0.4) is 0 Å². The summed E-state index contributed by atoms with van der Waals surface area (Å²) >= 11 is 1.61. The van der Waals surface area contributed by atoms with Gasteiger partial charge in [0.1, 0.15) is 0 Å². The lowest BCUT2D eigenvalue weighted by molar-refractivity contribution is 0.280. The highest BCUT2D eigenvalue weighted by Crippen LogP contribution is 2.43. The van der Waals surface area contributed by atoms with Gasteiger partial charge in [-0.1, -0.05) is 0 Å². The van der Waals surface area contributed by atoms with E-state index in [9.17, 15) is 9.36 Å². The molecule has 1 fully saturated rings. The zero-order valence-corrected chi connectivity index (χ0v) is 12.7. The van der Waals surface area contributed by atoms with Crippen molar-refractivity contribution >= 4 is 37.1 Å². The van der Waals surface area contributed by atoms with Gasteiger partial charge >= 0.3 is 8.25 Å². The molecule has 0 aliphatic carbocycles. The van der Waals surface area contributed by atoms with Crippen molar-refractivity contribution in [3.8, 4) is 0 Å². The summed E-state index contributed by atoms with van der Waals surface area (Å²) in [6, 6.07) is 0. The summed E-state index contributed by atoms with van der Waals surface area (Å²) in [4.78, 5) is 31.1. The van der Waals surface area contributed by atoms with Crippen LogP contribution in [0, 0.1) is 0 Å². The predicted octanol–water partition coefficient (Wildman–Crippen LogP) is 0.495. The molecule has 114 valence electrons. The number of thioether (sulfide) groups is 1. The van der Waals surface area contributed by atoms with Crippen molar-refractivity contribution in [3.05, 3.63) is 16.7 Å². The number of nitrogens with two attached hydrogens (primary N) is 1. The van der Waals surface area contributed by atoms with E-state index < -0.39 is 8.25 Å². The maximum atomic E-state index is 11.7. The largest absolute Gasteiger partial charge is 0.369 e. The van der Waals surface area contributed by atoms with E-state index in [1.807, 2.05) is 4.57 Å². The van der Waals surface area contributed by atoms with Crippen molar-refractivity contribution in [2.45, 2.75) is 23.5 Å². The molecule has 0 amide bonds. The Morgan fingerprint density at radius 2 is 2.43 bits per heavy atom. The van der Waals surface area contributed by atoms with Crippen LogP contribution < -0.4 is 11.3 Å². The van der Waals surface area contributed by atoms with Gasteiger partial charge in [-0.05, 0) is 12.8 Å². The lowest BCUT2D eigenvalue weighted by Gasteiger charge is -2.13. The number of hydrogen-bond acceptors (Lipinski definition) is 7. The van der Waals surface area contributed by atoms with Crippen LogP contribution in [0.1, 0.15) is 18.2 Å². The van der Waals surface area contributed by atoms with Crippen molar-refractivity contribution in [2.75, 3.05) is 12.3 Å². The molecule has 0 bridgehead atoms. The fourth-order valence-corrected chi connectivity index (χ4v) is 4.22. The number of anilines is 1. The summed E-state index contributed by atoms with van der Waals surface area (Å²) in [6.07, 6.45) is 3.26. The Bertz CT molecular complexity index is 747. The summed E-state index contributed by atoms with van der Waals surface area (Å²) in [6.45, 7) is 0.234. The van der Waals surface area contributed by atoms with Gasteiger partial charge in [0, 0.05) is 5.25 Å². The van der Waals surface area contributed by atoms with Gasteiger partial charge in [0.2, 0.25) is 5.95 Å². The fourth-order valence-electron chi connectivity index (χ4n) is 2.33. The zero-order valence-electron chi connectivity index (χ0n) is 10.9. The Morgan fingerprint density at radius 1 is 1.62 bits per heavy atom. The van der Waals surface area contributed by atoms with Gasteiger partial charge in [0.05, 0.1) is 18.3 Å². The molecule has 11 heteroatoms. The Morgan fingerprint density at radius 3 is 3.19 bits per heavy atom. The van der Waals surface area contributed by atoms with Crippen molar-refractivity contribution in [2.24, 2.45) is 0 Å². The molecule has 3 heterocycles. The fraction of sp³-hybridized carbons (Fsp3) is 0.500. The first kappa shape index (κ1) is 14.6. The minimum atomic E-state index is -2.89. The van der Waals surface area contributed by atoms with Crippen LogP contribution in [0.4, 0.5) is 5.95 Å². The number of H-pyrrole nitrogens is 1. The van der Waals surface area contributed by atoms with Gasteiger partial charge in [-0.2, -0.15) is 4.98 Å². The average Bonchev–Trinajstić information content (AvgIpc) is 3.02. The first-order valence-corrected chi connectivity index (χ1v) is 8.49. The molecule has 4 N–H and O–H groups in total. The lowest BCUT2D eigenvalue weighted by atomic mass is 10.2. The second kappa shape index (κ2) is 5.80. The highest BCUT2D eigenvalue weighted by molar-refractivity contribution is 8.00. The van der Waals surface area contributed by atoms with Gasteiger partial charge < -0.3 is 19.7 Å². The summed E-state index contributed by atoms with van der Waals surface area (Å²) in [7, 11) is -2.89. The molecular formula is C10H14N5O4PS. The first-order valence-electron chi connectivity index (χ1n) is 6.28. The Hall–Kier alpha value is -1.35. The van der Waals surface area contributed by atoms with Crippen molar-refractivity contribution < 1.29 is 14.0 Å².